The molecule has 0 amide bonds. The number of benzene rings is 3. The lowest BCUT2D eigenvalue weighted by molar-refractivity contribution is 0.246. The molecule has 3 heteroatoms. The van der Waals surface area contributed by atoms with Gasteiger partial charge in [0.05, 0.1) is 6.54 Å². The van der Waals surface area contributed by atoms with E-state index in [0.29, 0.717) is 0 Å². The maximum absolute atomic E-state index is 5.97. The van der Waals surface area contributed by atoms with Crippen molar-refractivity contribution >= 4 is 29.7 Å². The summed E-state index contributed by atoms with van der Waals surface area (Å²) in [7, 11) is -0.658. The molecule has 3 aromatic carbocycles. The van der Waals surface area contributed by atoms with Gasteiger partial charge in [0.1, 0.15) is 6.10 Å². The van der Waals surface area contributed by atoms with E-state index >= 15 is 0 Å². The van der Waals surface area contributed by atoms with Gasteiger partial charge in [0, 0.05) is 5.56 Å². The van der Waals surface area contributed by atoms with Crippen LogP contribution in [0.5, 0.6) is 0 Å². The number of nitrogens with zero attached hydrogens (tertiary/aromatic N) is 1. The summed E-state index contributed by atoms with van der Waals surface area (Å²) in [5, 5.41) is 3.97. The Morgan fingerprint density at radius 1 is 0.800 bits per heavy atom. The molecule has 0 N–H and O–H groups in total. The van der Waals surface area contributed by atoms with Gasteiger partial charge < -0.3 is 4.74 Å². The first-order chi connectivity index (χ1) is 12.3. The fraction of sp³-hybridized carbons (Fsp3) is 0.136. The molecule has 0 saturated heterocycles. The summed E-state index contributed by atoms with van der Waals surface area (Å²) in [6.45, 7) is 2.80. The first-order valence-corrected chi connectivity index (χ1v) is 9.88. The Morgan fingerprint density at radius 3 is 1.92 bits per heavy atom. The smallest absolute Gasteiger partial charge is 0.217 e. The standard InChI is InChI=1S/C22H20NOP/c1-17-16-23-22(24-17)20-14-8-9-15-21(20)25(18-10-4-2-5-11-18)19-12-6-3-7-13-19/h2-15,17H,16H2,1H3. The maximum atomic E-state index is 5.97. The Hall–Kier alpha value is -2.44. The van der Waals surface area contributed by atoms with Crippen LogP contribution < -0.4 is 15.9 Å². The Kier molecular flexibility index (Phi) is 4.63. The zero-order chi connectivity index (χ0) is 17.1. The third-order valence-corrected chi connectivity index (χ3v) is 6.71. The van der Waals surface area contributed by atoms with Gasteiger partial charge in [0.25, 0.3) is 0 Å². The molecule has 4 rings (SSSR count). The lowest BCUT2D eigenvalue weighted by Gasteiger charge is -2.22. The molecule has 1 atom stereocenters. The second-order valence-electron chi connectivity index (χ2n) is 6.10. The van der Waals surface area contributed by atoms with Crippen LogP contribution in [0.25, 0.3) is 0 Å². The molecule has 1 heterocycles. The van der Waals surface area contributed by atoms with E-state index in [1.165, 1.54) is 15.9 Å². The molecule has 0 aliphatic carbocycles. The number of aliphatic imine (C=N–C) groups is 1. The molecule has 0 spiro atoms. The summed E-state index contributed by atoms with van der Waals surface area (Å²) >= 11 is 0. The van der Waals surface area contributed by atoms with Gasteiger partial charge in [-0.3, -0.25) is 0 Å². The highest BCUT2D eigenvalue weighted by atomic mass is 31.1. The minimum atomic E-state index is -0.658. The van der Waals surface area contributed by atoms with Crippen LogP contribution in [0.15, 0.2) is 89.9 Å². The lowest BCUT2D eigenvalue weighted by Crippen LogP contribution is -2.25. The van der Waals surface area contributed by atoms with Crippen LogP contribution in [0.2, 0.25) is 0 Å². The second kappa shape index (κ2) is 7.21. The van der Waals surface area contributed by atoms with Crippen LogP contribution in [0, 0.1) is 0 Å². The summed E-state index contributed by atoms with van der Waals surface area (Å²) in [5.74, 6) is 0.780. The predicted molar refractivity (Wildman–Crippen MR) is 107 cm³/mol. The lowest BCUT2D eigenvalue weighted by atomic mass is 10.2. The van der Waals surface area contributed by atoms with Gasteiger partial charge in [-0.1, -0.05) is 78.9 Å². The molecule has 2 nitrogen and oxygen atoms in total. The third kappa shape index (κ3) is 3.36. The Balaban J connectivity index is 1.87. The van der Waals surface area contributed by atoms with E-state index in [2.05, 4.69) is 96.8 Å². The van der Waals surface area contributed by atoms with Crippen molar-refractivity contribution in [3.63, 3.8) is 0 Å². The monoisotopic (exact) mass is 345 g/mol. The summed E-state index contributed by atoms with van der Waals surface area (Å²) in [5.41, 5.74) is 1.12. The van der Waals surface area contributed by atoms with Crippen molar-refractivity contribution in [1.82, 2.24) is 0 Å². The van der Waals surface area contributed by atoms with Gasteiger partial charge in [-0.05, 0) is 36.8 Å². The van der Waals surface area contributed by atoms with Crippen LogP contribution in [0.4, 0.5) is 0 Å². The van der Waals surface area contributed by atoms with Gasteiger partial charge in [0.2, 0.25) is 5.90 Å². The second-order valence-corrected chi connectivity index (χ2v) is 8.28. The number of rotatable bonds is 4. The fourth-order valence-corrected chi connectivity index (χ4v) is 5.50. The number of hydrogen-bond acceptors (Lipinski definition) is 2. The highest BCUT2D eigenvalue weighted by Gasteiger charge is 2.24. The first kappa shape index (κ1) is 16.1. The topological polar surface area (TPSA) is 21.6 Å². The third-order valence-electron chi connectivity index (χ3n) is 4.21. The van der Waals surface area contributed by atoms with Crippen molar-refractivity contribution in [2.24, 2.45) is 4.99 Å². The highest BCUT2D eigenvalue weighted by Crippen LogP contribution is 2.34. The quantitative estimate of drug-likeness (QED) is 0.662. The number of ether oxygens (including phenoxy) is 1. The minimum Gasteiger partial charge on any atom is -0.472 e. The summed E-state index contributed by atoms with van der Waals surface area (Å²) in [6.07, 6.45) is 0.155. The normalized spacial score (nSPS) is 16.6. The summed E-state index contributed by atoms with van der Waals surface area (Å²) < 4.78 is 5.97. The van der Waals surface area contributed by atoms with Crippen molar-refractivity contribution in [2.75, 3.05) is 6.54 Å². The molecule has 124 valence electrons. The average molecular weight is 345 g/mol. The molecule has 0 fully saturated rings. The molecule has 1 aliphatic heterocycles. The zero-order valence-corrected chi connectivity index (χ0v) is 15.1. The Bertz CT molecular complexity index is 837. The molecular formula is C22H20NOP. The molecule has 0 saturated carbocycles. The van der Waals surface area contributed by atoms with Crippen LogP contribution in [-0.2, 0) is 4.74 Å². The molecule has 3 aromatic rings. The summed E-state index contributed by atoms with van der Waals surface area (Å²) in [4.78, 5) is 4.62. The van der Waals surface area contributed by atoms with Crippen LogP contribution >= 0.6 is 7.92 Å². The molecule has 1 unspecified atom stereocenters. The molecule has 1 aliphatic rings. The van der Waals surface area contributed by atoms with E-state index in [0.717, 1.165) is 18.0 Å². The van der Waals surface area contributed by atoms with Crippen molar-refractivity contribution in [2.45, 2.75) is 13.0 Å². The van der Waals surface area contributed by atoms with Gasteiger partial charge in [0.15, 0.2) is 0 Å². The van der Waals surface area contributed by atoms with E-state index in [-0.39, 0.29) is 6.10 Å². The maximum Gasteiger partial charge on any atom is 0.217 e. The van der Waals surface area contributed by atoms with E-state index in [9.17, 15) is 0 Å². The van der Waals surface area contributed by atoms with Crippen molar-refractivity contribution in [3.8, 4) is 0 Å². The molecular weight excluding hydrogens is 325 g/mol. The average Bonchev–Trinajstić information content (AvgIpc) is 3.10. The van der Waals surface area contributed by atoms with E-state index in [1.807, 2.05) is 0 Å². The van der Waals surface area contributed by atoms with E-state index in [4.69, 9.17) is 4.74 Å². The van der Waals surface area contributed by atoms with Crippen LogP contribution in [0.3, 0.4) is 0 Å². The van der Waals surface area contributed by atoms with E-state index in [1.54, 1.807) is 0 Å². The predicted octanol–water partition coefficient (Wildman–Crippen LogP) is 3.61. The van der Waals surface area contributed by atoms with Gasteiger partial charge in [-0.15, -0.1) is 0 Å². The summed E-state index contributed by atoms with van der Waals surface area (Å²) in [6, 6.07) is 30.0. The van der Waals surface area contributed by atoms with Gasteiger partial charge >= 0.3 is 0 Å². The number of hydrogen-bond donors (Lipinski definition) is 0. The molecule has 25 heavy (non-hydrogen) atoms. The highest BCUT2D eigenvalue weighted by molar-refractivity contribution is 7.80. The van der Waals surface area contributed by atoms with Crippen LogP contribution in [-0.4, -0.2) is 18.5 Å². The first-order valence-electron chi connectivity index (χ1n) is 8.53. The van der Waals surface area contributed by atoms with Crippen molar-refractivity contribution in [1.29, 1.82) is 0 Å². The van der Waals surface area contributed by atoms with Crippen molar-refractivity contribution in [3.05, 3.63) is 90.5 Å². The molecule has 0 radical (unpaired) electrons. The fourth-order valence-electron chi connectivity index (χ4n) is 3.06. The van der Waals surface area contributed by atoms with Crippen molar-refractivity contribution < 1.29 is 4.74 Å². The van der Waals surface area contributed by atoms with Gasteiger partial charge in [-0.2, -0.15) is 0 Å². The van der Waals surface area contributed by atoms with Crippen LogP contribution in [0.1, 0.15) is 12.5 Å². The zero-order valence-electron chi connectivity index (χ0n) is 14.2. The Labute approximate surface area is 150 Å². The molecule has 0 bridgehead atoms. The Morgan fingerprint density at radius 2 is 1.36 bits per heavy atom. The minimum absolute atomic E-state index is 0.155. The van der Waals surface area contributed by atoms with Gasteiger partial charge in [-0.25, -0.2) is 4.99 Å². The largest absolute Gasteiger partial charge is 0.472 e. The SMILES string of the molecule is CC1CN=C(c2ccccc2P(c2ccccc2)c2ccccc2)O1. The van der Waals surface area contributed by atoms with E-state index < -0.39 is 7.92 Å². The molecule has 0 aromatic heterocycles.